The summed E-state index contributed by atoms with van der Waals surface area (Å²) in [5.74, 6) is -0.529. The Morgan fingerprint density at radius 1 is 1.09 bits per heavy atom. The van der Waals surface area contributed by atoms with E-state index in [4.69, 9.17) is 16.3 Å². The van der Waals surface area contributed by atoms with Crippen LogP contribution in [0.3, 0.4) is 0 Å². The van der Waals surface area contributed by atoms with Crippen LogP contribution in [0.5, 0.6) is 5.75 Å². The summed E-state index contributed by atoms with van der Waals surface area (Å²) in [6.07, 6.45) is 0.417. The molecule has 1 amide bonds. The molecule has 5 rings (SSSR count). The zero-order valence-electron chi connectivity index (χ0n) is 18.6. The third-order valence-corrected chi connectivity index (χ3v) is 6.25. The van der Waals surface area contributed by atoms with Crippen molar-refractivity contribution in [3.8, 4) is 5.75 Å². The van der Waals surface area contributed by atoms with Crippen molar-refractivity contribution in [3.63, 3.8) is 0 Å². The van der Waals surface area contributed by atoms with Crippen LogP contribution < -0.4 is 4.74 Å². The molecule has 3 aromatic carbocycles. The quantitative estimate of drug-likeness (QED) is 0.325. The fraction of sp³-hybridized carbons (Fsp3) is 0.148. The van der Waals surface area contributed by atoms with Gasteiger partial charge in [0.25, 0.3) is 5.91 Å². The number of benzene rings is 3. The molecule has 0 radical (unpaired) electrons. The van der Waals surface area contributed by atoms with Crippen molar-refractivity contribution in [2.45, 2.75) is 19.4 Å². The smallest absolute Gasteiger partial charge is 0.277 e. The average Bonchev–Trinajstić information content (AvgIpc) is 3.28. The highest BCUT2D eigenvalue weighted by molar-refractivity contribution is 6.30. The Labute approximate surface area is 201 Å². The molecule has 5 nitrogen and oxygen atoms in total. The number of para-hydroxylation sites is 1. The van der Waals surface area contributed by atoms with Gasteiger partial charge in [-0.25, -0.2) is 14.4 Å². The number of halogens is 2. The van der Waals surface area contributed by atoms with Crippen LogP contribution in [0.15, 0.2) is 77.9 Å². The van der Waals surface area contributed by atoms with Gasteiger partial charge in [0.15, 0.2) is 0 Å². The topological polar surface area (TPSA) is 54.8 Å². The van der Waals surface area contributed by atoms with Gasteiger partial charge in [-0.3, -0.25) is 4.79 Å². The van der Waals surface area contributed by atoms with Gasteiger partial charge in [0, 0.05) is 17.4 Å². The molecule has 0 spiro atoms. The fourth-order valence-corrected chi connectivity index (χ4v) is 4.53. The van der Waals surface area contributed by atoms with Gasteiger partial charge in [-0.05, 0) is 36.8 Å². The third-order valence-electron chi connectivity index (χ3n) is 5.94. The van der Waals surface area contributed by atoms with Gasteiger partial charge >= 0.3 is 0 Å². The number of pyridine rings is 1. The molecule has 34 heavy (non-hydrogen) atoms. The number of aromatic nitrogens is 1. The lowest BCUT2D eigenvalue weighted by atomic mass is 9.97. The lowest BCUT2D eigenvalue weighted by Gasteiger charge is -2.23. The van der Waals surface area contributed by atoms with E-state index in [2.05, 4.69) is 10.1 Å². The summed E-state index contributed by atoms with van der Waals surface area (Å²) in [4.78, 5) is 18.0. The van der Waals surface area contributed by atoms with Crippen molar-refractivity contribution in [1.29, 1.82) is 0 Å². The van der Waals surface area contributed by atoms with E-state index in [1.807, 2.05) is 55.5 Å². The largest absolute Gasteiger partial charge is 0.494 e. The van der Waals surface area contributed by atoms with Crippen LogP contribution in [0.1, 0.15) is 39.5 Å². The normalized spacial score (nSPS) is 15.5. The highest BCUT2D eigenvalue weighted by Crippen LogP contribution is 2.39. The van der Waals surface area contributed by atoms with Crippen molar-refractivity contribution < 1.29 is 13.9 Å². The summed E-state index contributed by atoms with van der Waals surface area (Å²) in [5, 5.41) is 7.04. The van der Waals surface area contributed by atoms with Crippen molar-refractivity contribution in [2.24, 2.45) is 5.10 Å². The number of ether oxygens (including phenoxy) is 1. The molecule has 0 bridgehead atoms. The predicted octanol–water partition coefficient (Wildman–Crippen LogP) is 6.34. The number of aryl methyl sites for hydroxylation is 1. The Morgan fingerprint density at radius 3 is 2.65 bits per heavy atom. The second-order valence-electron chi connectivity index (χ2n) is 8.17. The molecule has 2 heterocycles. The van der Waals surface area contributed by atoms with E-state index in [-0.39, 0.29) is 10.7 Å². The number of hydrogen-bond donors (Lipinski definition) is 0. The molecule has 0 saturated carbocycles. The van der Waals surface area contributed by atoms with Gasteiger partial charge in [0.1, 0.15) is 22.2 Å². The summed E-state index contributed by atoms with van der Waals surface area (Å²) in [7, 11) is 1.58. The van der Waals surface area contributed by atoms with Gasteiger partial charge in [0.2, 0.25) is 0 Å². The Hall–Kier alpha value is -3.77. The van der Waals surface area contributed by atoms with E-state index < -0.39 is 17.8 Å². The van der Waals surface area contributed by atoms with Crippen LogP contribution in [0, 0.1) is 12.7 Å². The lowest BCUT2D eigenvalue weighted by Crippen LogP contribution is -2.28. The number of carbonyl (C=O) groups excluding carboxylic acids is 1. The van der Waals surface area contributed by atoms with Crippen molar-refractivity contribution in [3.05, 3.63) is 106 Å². The third kappa shape index (κ3) is 3.90. The summed E-state index contributed by atoms with van der Waals surface area (Å²) < 4.78 is 19.9. The number of carbonyl (C=O) groups is 1. The fourth-order valence-electron chi connectivity index (χ4n) is 4.26. The molecule has 0 N–H and O–H groups in total. The Kier molecular flexibility index (Phi) is 5.75. The van der Waals surface area contributed by atoms with Gasteiger partial charge in [-0.15, -0.1) is 0 Å². The van der Waals surface area contributed by atoms with Crippen molar-refractivity contribution in [1.82, 2.24) is 9.99 Å². The molecule has 4 aromatic rings. The molecular weight excluding hydrogens is 453 g/mol. The van der Waals surface area contributed by atoms with E-state index in [0.717, 1.165) is 22.2 Å². The monoisotopic (exact) mass is 473 g/mol. The minimum Gasteiger partial charge on any atom is -0.494 e. The highest BCUT2D eigenvalue weighted by Gasteiger charge is 2.36. The van der Waals surface area contributed by atoms with Gasteiger partial charge < -0.3 is 4.74 Å². The molecular formula is C27H21ClFN3O2. The summed E-state index contributed by atoms with van der Waals surface area (Å²) >= 11 is 6.65. The minimum atomic E-state index is -0.599. The van der Waals surface area contributed by atoms with Crippen molar-refractivity contribution >= 4 is 34.1 Å². The minimum absolute atomic E-state index is 0.0479. The lowest BCUT2D eigenvalue weighted by molar-refractivity contribution is 0.0706. The van der Waals surface area contributed by atoms with Gasteiger partial charge in [0.05, 0.1) is 24.4 Å². The zero-order chi connectivity index (χ0) is 23.8. The Morgan fingerprint density at radius 2 is 1.88 bits per heavy atom. The standard InChI is InChI=1S/C27H21ClFN3O2/c1-16-7-5-8-17(13-16)22-15-23(32(31-22)27(33)19-10-3-4-11-21(19)29)20-14-18-9-6-12-24(34-2)25(18)30-26(20)28/h3-14,23H,15H2,1-2H3/t23-/m1/s1. The summed E-state index contributed by atoms with van der Waals surface area (Å²) in [6.45, 7) is 2.00. The van der Waals surface area contributed by atoms with E-state index in [9.17, 15) is 9.18 Å². The highest BCUT2D eigenvalue weighted by atomic mass is 35.5. The molecule has 170 valence electrons. The number of hydrazone groups is 1. The van der Waals surface area contributed by atoms with Crippen LogP contribution >= 0.6 is 11.6 Å². The van der Waals surface area contributed by atoms with Crippen LogP contribution in [0.4, 0.5) is 4.39 Å². The van der Waals surface area contributed by atoms with Crippen molar-refractivity contribution in [2.75, 3.05) is 7.11 Å². The molecule has 7 heteroatoms. The second-order valence-corrected chi connectivity index (χ2v) is 8.52. The van der Waals surface area contributed by atoms with Gasteiger partial charge in [-0.2, -0.15) is 5.10 Å². The first-order valence-corrected chi connectivity index (χ1v) is 11.2. The molecule has 1 aliphatic rings. The van der Waals surface area contributed by atoms with E-state index in [1.54, 1.807) is 19.2 Å². The number of hydrogen-bond acceptors (Lipinski definition) is 4. The number of fused-ring (bicyclic) bond motifs is 1. The maximum Gasteiger partial charge on any atom is 0.277 e. The number of nitrogens with zero attached hydrogens (tertiary/aromatic N) is 3. The van der Waals surface area contributed by atoms with Gasteiger partial charge in [-0.1, -0.05) is 65.7 Å². The first kappa shape index (κ1) is 22.0. The first-order chi connectivity index (χ1) is 16.5. The van der Waals surface area contributed by atoms with E-state index in [0.29, 0.717) is 23.3 Å². The maximum absolute atomic E-state index is 14.5. The zero-order valence-corrected chi connectivity index (χ0v) is 19.4. The molecule has 0 aliphatic carbocycles. The van der Waals surface area contributed by atoms with Crippen LogP contribution in [-0.4, -0.2) is 28.7 Å². The Bertz CT molecular complexity index is 1450. The van der Waals surface area contributed by atoms with E-state index >= 15 is 0 Å². The molecule has 0 saturated heterocycles. The molecule has 0 unspecified atom stereocenters. The second kappa shape index (κ2) is 8.88. The van der Waals surface area contributed by atoms with E-state index in [1.165, 1.54) is 17.1 Å². The predicted molar refractivity (Wildman–Crippen MR) is 131 cm³/mol. The number of methoxy groups -OCH3 is 1. The molecule has 0 fully saturated rings. The SMILES string of the molecule is COc1cccc2cc([C@H]3CC(c4cccc(C)c4)=NN3C(=O)c3ccccc3F)c(Cl)nc12. The van der Waals surface area contributed by atoms with Crippen LogP contribution in [0.25, 0.3) is 10.9 Å². The summed E-state index contributed by atoms with van der Waals surface area (Å²) in [5.41, 5.74) is 3.92. The van der Waals surface area contributed by atoms with Crippen LogP contribution in [0.2, 0.25) is 5.15 Å². The number of rotatable bonds is 4. The average molecular weight is 474 g/mol. The maximum atomic E-state index is 14.5. The number of amides is 1. The molecule has 1 atom stereocenters. The Balaban J connectivity index is 1.63. The first-order valence-electron chi connectivity index (χ1n) is 10.8. The molecule has 1 aromatic heterocycles. The molecule has 1 aliphatic heterocycles. The van der Waals surface area contributed by atoms with Crippen LogP contribution in [-0.2, 0) is 0 Å². The summed E-state index contributed by atoms with van der Waals surface area (Å²) in [6, 6.07) is 20.7.